The second-order valence-corrected chi connectivity index (χ2v) is 4.36. The van der Waals surface area contributed by atoms with Gasteiger partial charge in [-0.2, -0.15) is 0 Å². The molecule has 1 aromatic rings. The van der Waals surface area contributed by atoms with Crippen LogP contribution in [0.2, 0.25) is 0 Å². The number of nitrogens with two attached hydrogens (primary N) is 1. The summed E-state index contributed by atoms with van der Waals surface area (Å²) in [6.45, 7) is 1.89. The van der Waals surface area contributed by atoms with Crippen molar-refractivity contribution in [3.8, 4) is 0 Å². The molecular weight excluding hydrogens is 242 g/mol. The van der Waals surface area contributed by atoms with Gasteiger partial charge in [-0.3, -0.25) is 0 Å². The molecule has 0 amide bonds. The molecule has 0 radical (unpaired) electrons. The Bertz CT molecular complexity index is 365. The van der Waals surface area contributed by atoms with Gasteiger partial charge in [0.2, 0.25) is 0 Å². The summed E-state index contributed by atoms with van der Waals surface area (Å²) >= 11 is 4.05. The Kier molecular flexibility index (Phi) is 5.44. The topological polar surface area (TPSA) is 29.3 Å². The van der Waals surface area contributed by atoms with Gasteiger partial charge in [0.25, 0.3) is 0 Å². The first-order chi connectivity index (χ1) is 8.06. The molecule has 1 unspecified atom stereocenters. The smallest absolute Gasteiger partial charge is 0.126 e. The van der Waals surface area contributed by atoms with Crippen LogP contribution in [0.1, 0.15) is 17.9 Å². The molecule has 17 heavy (non-hydrogen) atoms. The first-order valence-corrected chi connectivity index (χ1v) is 5.84. The molecule has 2 N–H and O–H groups in total. The molecule has 1 heterocycles. The number of halogens is 2. The van der Waals surface area contributed by atoms with E-state index < -0.39 is 11.6 Å². The van der Waals surface area contributed by atoms with E-state index in [2.05, 4.69) is 22.9 Å². The van der Waals surface area contributed by atoms with E-state index in [0.717, 1.165) is 36.6 Å². The van der Waals surface area contributed by atoms with Crippen LogP contribution in [0.25, 0.3) is 0 Å². The first-order valence-electron chi connectivity index (χ1n) is 5.36. The lowest BCUT2D eigenvalue weighted by molar-refractivity contribution is 0.411. The third kappa shape index (κ3) is 4.36. The molecule has 2 rings (SSSR count). The summed E-state index contributed by atoms with van der Waals surface area (Å²) in [5.74, 6) is -0.672. The van der Waals surface area contributed by atoms with Gasteiger partial charge in [0.05, 0.1) is 5.49 Å². The average Bonchev–Trinajstić information content (AvgIpc) is 2.64. The van der Waals surface area contributed by atoms with E-state index in [4.69, 9.17) is 0 Å². The molecule has 1 aliphatic heterocycles. The summed E-state index contributed by atoms with van der Waals surface area (Å²) in [5.41, 5.74) is 6.40. The van der Waals surface area contributed by atoms with Crippen LogP contribution in [-0.4, -0.2) is 30.5 Å². The van der Waals surface area contributed by atoms with Gasteiger partial charge in [0, 0.05) is 12.6 Å². The van der Waals surface area contributed by atoms with E-state index in [0.29, 0.717) is 0 Å². The predicted molar refractivity (Wildman–Crippen MR) is 69.1 cm³/mol. The molecule has 94 valence electrons. The molecule has 0 saturated carbocycles. The third-order valence-electron chi connectivity index (χ3n) is 2.75. The van der Waals surface area contributed by atoms with Gasteiger partial charge in [0.1, 0.15) is 11.6 Å². The standard InChI is InChI=1S/C11H13F2N.CH3NS/c1-14-3-2-8(7-14)9-4-10(12)6-11(13)5-9;2-1-3/h4-6,8H,2-3,7H2,1H3;1H,(H2,2,3). The summed E-state index contributed by atoms with van der Waals surface area (Å²) in [6.07, 6.45) is 0.986. The summed E-state index contributed by atoms with van der Waals surface area (Å²) in [7, 11) is 2.02. The molecule has 1 saturated heterocycles. The van der Waals surface area contributed by atoms with Gasteiger partial charge in [-0.15, -0.1) is 0 Å². The number of hydrogen-bond donors (Lipinski definition) is 1. The number of likely N-dealkylation sites (tertiary alicyclic amines) is 1. The van der Waals surface area contributed by atoms with Crippen molar-refractivity contribution in [2.45, 2.75) is 12.3 Å². The van der Waals surface area contributed by atoms with Crippen molar-refractivity contribution in [3.63, 3.8) is 0 Å². The fraction of sp³-hybridized carbons (Fsp3) is 0.417. The van der Waals surface area contributed by atoms with Crippen molar-refractivity contribution in [2.24, 2.45) is 5.73 Å². The highest BCUT2D eigenvalue weighted by Gasteiger charge is 2.21. The Morgan fingerprint density at radius 3 is 2.29 bits per heavy atom. The zero-order chi connectivity index (χ0) is 12.8. The number of likely N-dealkylation sites (N-methyl/N-ethyl adjacent to an activating group) is 1. The maximum atomic E-state index is 12.9. The number of benzene rings is 1. The van der Waals surface area contributed by atoms with Gasteiger partial charge in [-0.25, -0.2) is 8.78 Å². The lowest BCUT2D eigenvalue weighted by atomic mass is 9.98. The Morgan fingerprint density at radius 2 is 1.88 bits per heavy atom. The lowest BCUT2D eigenvalue weighted by Crippen LogP contribution is -2.13. The van der Waals surface area contributed by atoms with Crippen molar-refractivity contribution in [2.75, 3.05) is 20.1 Å². The van der Waals surface area contributed by atoms with Gasteiger partial charge in [0.15, 0.2) is 0 Å². The Morgan fingerprint density at radius 1 is 1.35 bits per heavy atom. The van der Waals surface area contributed by atoms with Crippen LogP contribution in [-0.2, 0) is 0 Å². The predicted octanol–water partition coefficient (Wildman–Crippen LogP) is 2.29. The number of hydrogen-bond acceptors (Lipinski definition) is 2. The summed E-state index contributed by atoms with van der Waals surface area (Å²) in [5, 5.41) is 0. The lowest BCUT2D eigenvalue weighted by Gasteiger charge is -2.10. The maximum absolute atomic E-state index is 12.9. The second-order valence-electron chi connectivity index (χ2n) is 4.09. The van der Waals surface area contributed by atoms with Crippen LogP contribution in [0, 0.1) is 11.6 Å². The Labute approximate surface area is 105 Å². The van der Waals surface area contributed by atoms with Crippen molar-refractivity contribution in [1.82, 2.24) is 4.90 Å². The Hall–Kier alpha value is -1.07. The van der Waals surface area contributed by atoms with E-state index in [-0.39, 0.29) is 5.92 Å². The molecule has 5 heteroatoms. The molecule has 0 bridgehead atoms. The van der Waals surface area contributed by atoms with Crippen molar-refractivity contribution < 1.29 is 8.78 Å². The Balaban J connectivity index is 0.000000437. The molecule has 2 nitrogen and oxygen atoms in total. The minimum Gasteiger partial charge on any atom is -0.396 e. The van der Waals surface area contributed by atoms with Gasteiger partial charge in [-0.1, -0.05) is 12.2 Å². The summed E-state index contributed by atoms with van der Waals surface area (Å²) < 4.78 is 25.8. The number of thiocarbonyl (C=S) groups is 1. The molecule has 1 atom stereocenters. The number of rotatable bonds is 1. The van der Waals surface area contributed by atoms with Crippen molar-refractivity contribution in [3.05, 3.63) is 35.4 Å². The molecule has 1 aromatic carbocycles. The SMILES string of the molecule is CN1CCC(c2cc(F)cc(F)c2)C1.NC=S. The van der Waals surface area contributed by atoms with Crippen molar-refractivity contribution in [1.29, 1.82) is 0 Å². The number of nitrogens with zero attached hydrogens (tertiary/aromatic N) is 1. The van der Waals surface area contributed by atoms with E-state index in [9.17, 15) is 8.78 Å². The van der Waals surface area contributed by atoms with E-state index in [1.54, 1.807) is 0 Å². The highest BCUT2D eigenvalue weighted by molar-refractivity contribution is 7.78. The molecule has 0 aliphatic carbocycles. The van der Waals surface area contributed by atoms with Gasteiger partial charge in [-0.05, 0) is 43.6 Å². The molecule has 1 fully saturated rings. The molecule has 0 spiro atoms. The van der Waals surface area contributed by atoms with Crippen LogP contribution < -0.4 is 5.73 Å². The molecule has 1 aliphatic rings. The van der Waals surface area contributed by atoms with E-state index >= 15 is 0 Å². The average molecular weight is 258 g/mol. The van der Waals surface area contributed by atoms with Crippen LogP contribution >= 0.6 is 12.2 Å². The summed E-state index contributed by atoms with van der Waals surface area (Å²) in [6, 6.07) is 3.79. The monoisotopic (exact) mass is 258 g/mol. The highest BCUT2D eigenvalue weighted by atomic mass is 32.1. The van der Waals surface area contributed by atoms with Crippen LogP contribution in [0.5, 0.6) is 0 Å². The zero-order valence-corrected chi connectivity index (χ0v) is 10.5. The van der Waals surface area contributed by atoms with Crippen LogP contribution in [0.15, 0.2) is 18.2 Å². The van der Waals surface area contributed by atoms with E-state index in [1.807, 2.05) is 7.05 Å². The minimum atomic E-state index is -0.477. The van der Waals surface area contributed by atoms with E-state index in [1.165, 1.54) is 12.1 Å². The minimum absolute atomic E-state index is 0.283. The van der Waals surface area contributed by atoms with Crippen LogP contribution in [0.4, 0.5) is 8.78 Å². The largest absolute Gasteiger partial charge is 0.396 e. The van der Waals surface area contributed by atoms with Crippen molar-refractivity contribution >= 4 is 17.7 Å². The second kappa shape index (κ2) is 6.61. The van der Waals surface area contributed by atoms with Gasteiger partial charge < -0.3 is 10.6 Å². The normalized spacial score (nSPS) is 19.6. The maximum Gasteiger partial charge on any atom is 0.126 e. The quantitative estimate of drug-likeness (QED) is 0.784. The third-order valence-corrected chi connectivity index (χ3v) is 2.75. The molecular formula is C12H16F2N2S. The fourth-order valence-corrected chi connectivity index (χ4v) is 2.02. The zero-order valence-electron chi connectivity index (χ0n) is 9.70. The summed E-state index contributed by atoms with van der Waals surface area (Å²) in [4.78, 5) is 2.17. The highest BCUT2D eigenvalue weighted by Crippen LogP contribution is 2.27. The van der Waals surface area contributed by atoms with Gasteiger partial charge >= 0.3 is 0 Å². The first kappa shape index (κ1) is 14.0. The van der Waals surface area contributed by atoms with Crippen LogP contribution in [0.3, 0.4) is 0 Å². The fourth-order valence-electron chi connectivity index (χ4n) is 2.02. The molecule has 0 aromatic heterocycles.